The molecule has 1 aromatic carbocycles. The predicted octanol–water partition coefficient (Wildman–Crippen LogP) is 2.63. The highest BCUT2D eigenvalue weighted by Gasteiger charge is 2.36. The van der Waals surface area contributed by atoms with E-state index in [1.54, 1.807) is 7.11 Å². The van der Waals surface area contributed by atoms with Crippen molar-refractivity contribution in [2.75, 3.05) is 14.2 Å². The molecule has 0 spiro atoms. The van der Waals surface area contributed by atoms with Crippen molar-refractivity contribution >= 4 is 0 Å². The lowest BCUT2D eigenvalue weighted by Crippen LogP contribution is -2.43. The molecule has 0 bridgehead atoms. The van der Waals surface area contributed by atoms with E-state index in [1.807, 2.05) is 12.1 Å². The second-order valence-electron chi connectivity index (χ2n) is 5.93. The van der Waals surface area contributed by atoms with Gasteiger partial charge in [0, 0.05) is 12.1 Å². The average molecular weight is 263 g/mol. The Morgan fingerprint density at radius 3 is 2.58 bits per heavy atom. The van der Waals surface area contributed by atoms with Gasteiger partial charge in [0.15, 0.2) is 0 Å². The molecular formula is C16H25NO2. The number of ether oxygens (including phenoxy) is 1. The van der Waals surface area contributed by atoms with Gasteiger partial charge in [-0.2, -0.15) is 0 Å². The highest BCUT2D eigenvalue weighted by molar-refractivity contribution is 5.41. The molecule has 19 heavy (non-hydrogen) atoms. The summed E-state index contributed by atoms with van der Waals surface area (Å²) in [7, 11) is 3.77. The standard InChI is InChI=1S/C16H25NO2/c1-10(2)11(3)17(4)15-8-12-6-7-13(19-5)9-14(12)16(15)18/h6-7,9-11,15-16,18H,8H2,1-5H3. The Bertz CT molecular complexity index is 444. The van der Waals surface area contributed by atoms with Gasteiger partial charge in [0.05, 0.1) is 13.2 Å². The molecule has 3 nitrogen and oxygen atoms in total. The smallest absolute Gasteiger partial charge is 0.119 e. The molecule has 0 heterocycles. The highest BCUT2D eigenvalue weighted by atomic mass is 16.5. The molecule has 0 aliphatic heterocycles. The van der Waals surface area contributed by atoms with E-state index in [9.17, 15) is 5.11 Å². The molecule has 106 valence electrons. The molecule has 3 atom stereocenters. The minimum Gasteiger partial charge on any atom is -0.497 e. The average Bonchev–Trinajstić information content (AvgIpc) is 2.73. The molecule has 0 saturated heterocycles. The number of methoxy groups -OCH3 is 1. The molecule has 1 aromatic rings. The number of benzene rings is 1. The number of hydrogen-bond acceptors (Lipinski definition) is 3. The lowest BCUT2D eigenvalue weighted by Gasteiger charge is -2.34. The molecule has 0 radical (unpaired) electrons. The maximum absolute atomic E-state index is 10.6. The van der Waals surface area contributed by atoms with Crippen LogP contribution in [0.15, 0.2) is 18.2 Å². The maximum atomic E-state index is 10.6. The zero-order valence-corrected chi connectivity index (χ0v) is 12.6. The summed E-state index contributed by atoms with van der Waals surface area (Å²) in [5.41, 5.74) is 2.26. The van der Waals surface area contributed by atoms with Gasteiger partial charge in [-0.05, 0) is 49.6 Å². The van der Waals surface area contributed by atoms with Crippen molar-refractivity contribution in [3.05, 3.63) is 29.3 Å². The summed E-state index contributed by atoms with van der Waals surface area (Å²) in [6.45, 7) is 6.66. The topological polar surface area (TPSA) is 32.7 Å². The van der Waals surface area contributed by atoms with Crippen LogP contribution in [0.4, 0.5) is 0 Å². The molecule has 0 saturated carbocycles. The molecular weight excluding hydrogens is 238 g/mol. The van der Waals surface area contributed by atoms with Crippen LogP contribution in [0.5, 0.6) is 5.75 Å². The summed E-state index contributed by atoms with van der Waals surface area (Å²) in [4.78, 5) is 2.31. The Morgan fingerprint density at radius 1 is 1.32 bits per heavy atom. The van der Waals surface area contributed by atoms with Crippen molar-refractivity contribution < 1.29 is 9.84 Å². The third-order valence-electron chi connectivity index (χ3n) is 4.60. The van der Waals surface area contributed by atoms with Gasteiger partial charge in [-0.3, -0.25) is 4.90 Å². The van der Waals surface area contributed by atoms with E-state index in [-0.39, 0.29) is 6.04 Å². The fraction of sp³-hybridized carbons (Fsp3) is 0.625. The van der Waals surface area contributed by atoms with Gasteiger partial charge in [-0.25, -0.2) is 0 Å². The van der Waals surface area contributed by atoms with Crippen LogP contribution in [-0.4, -0.2) is 36.2 Å². The first-order valence-corrected chi connectivity index (χ1v) is 7.02. The Morgan fingerprint density at radius 2 is 2.00 bits per heavy atom. The van der Waals surface area contributed by atoms with E-state index < -0.39 is 6.10 Å². The number of hydrogen-bond donors (Lipinski definition) is 1. The minimum absolute atomic E-state index is 0.166. The number of aliphatic hydroxyl groups is 1. The van der Waals surface area contributed by atoms with E-state index in [1.165, 1.54) is 5.56 Å². The van der Waals surface area contributed by atoms with Crippen molar-refractivity contribution in [1.29, 1.82) is 0 Å². The zero-order chi connectivity index (χ0) is 14.2. The van der Waals surface area contributed by atoms with Gasteiger partial charge in [0.2, 0.25) is 0 Å². The van der Waals surface area contributed by atoms with Crippen molar-refractivity contribution in [3.63, 3.8) is 0 Å². The van der Waals surface area contributed by atoms with Crippen LogP contribution in [0.1, 0.15) is 38.0 Å². The highest BCUT2D eigenvalue weighted by Crippen LogP contribution is 2.37. The zero-order valence-electron chi connectivity index (χ0n) is 12.6. The fourth-order valence-electron chi connectivity index (χ4n) is 2.84. The lowest BCUT2D eigenvalue weighted by molar-refractivity contribution is 0.0439. The molecule has 3 heteroatoms. The van der Waals surface area contributed by atoms with Gasteiger partial charge in [-0.1, -0.05) is 19.9 Å². The quantitative estimate of drug-likeness (QED) is 0.906. The van der Waals surface area contributed by atoms with Crippen LogP contribution in [-0.2, 0) is 6.42 Å². The van der Waals surface area contributed by atoms with Gasteiger partial charge in [-0.15, -0.1) is 0 Å². The summed E-state index contributed by atoms with van der Waals surface area (Å²) in [5.74, 6) is 1.40. The summed E-state index contributed by atoms with van der Waals surface area (Å²) < 4.78 is 5.24. The van der Waals surface area contributed by atoms with E-state index in [2.05, 4.69) is 38.8 Å². The fourth-order valence-corrected chi connectivity index (χ4v) is 2.84. The predicted molar refractivity (Wildman–Crippen MR) is 77.5 cm³/mol. The summed E-state index contributed by atoms with van der Waals surface area (Å²) in [6, 6.07) is 6.63. The van der Waals surface area contributed by atoms with Crippen LogP contribution in [0.25, 0.3) is 0 Å². The summed E-state index contributed by atoms with van der Waals surface area (Å²) in [5, 5.41) is 10.6. The lowest BCUT2D eigenvalue weighted by atomic mass is 10.0. The largest absolute Gasteiger partial charge is 0.497 e. The van der Waals surface area contributed by atoms with E-state index in [0.29, 0.717) is 12.0 Å². The summed E-state index contributed by atoms with van der Waals surface area (Å²) >= 11 is 0. The van der Waals surface area contributed by atoms with Crippen molar-refractivity contribution in [2.24, 2.45) is 5.92 Å². The molecule has 0 fully saturated rings. The molecule has 1 N–H and O–H groups in total. The van der Waals surface area contributed by atoms with E-state index in [4.69, 9.17) is 4.74 Å². The van der Waals surface area contributed by atoms with Gasteiger partial charge >= 0.3 is 0 Å². The third-order valence-corrected chi connectivity index (χ3v) is 4.60. The monoisotopic (exact) mass is 263 g/mol. The SMILES string of the molecule is COc1ccc2c(c1)C(O)C(N(C)C(C)C(C)C)C2. The number of rotatable bonds is 4. The molecule has 3 unspecified atom stereocenters. The van der Waals surface area contributed by atoms with Gasteiger partial charge in [0.25, 0.3) is 0 Å². The number of fused-ring (bicyclic) bond motifs is 1. The van der Waals surface area contributed by atoms with Crippen molar-refractivity contribution in [1.82, 2.24) is 4.90 Å². The first kappa shape index (κ1) is 14.4. The molecule has 0 amide bonds. The maximum Gasteiger partial charge on any atom is 0.119 e. The second kappa shape index (κ2) is 5.51. The van der Waals surface area contributed by atoms with Crippen molar-refractivity contribution in [3.8, 4) is 5.75 Å². The number of aliphatic hydroxyl groups excluding tert-OH is 1. The normalized spacial score (nSPS) is 23.8. The Hall–Kier alpha value is -1.06. The number of nitrogens with zero attached hydrogens (tertiary/aromatic N) is 1. The Kier molecular flexibility index (Phi) is 4.16. The van der Waals surface area contributed by atoms with Crippen LogP contribution in [0.3, 0.4) is 0 Å². The van der Waals surface area contributed by atoms with Crippen LogP contribution in [0.2, 0.25) is 0 Å². The van der Waals surface area contributed by atoms with E-state index >= 15 is 0 Å². The Balaban J connectivity index is 2.21. The molecule has 2 rings (SSSR count). The van der Waals surface area contributed by atoms with Gasteiger partial charge in [0.1, 0.15) is 5.75 Å². The molecule has 0 aromatic heterocycles. The van der Waals surface area contributed by atoms with Crippen LogP contribution < -0.4 is 4.74 Å². The molecule has 1 aliphatic rings. The summed E-state index contributed by atoms with van der Waals surface area (Å²) in [6.07, 6.45) is 0.491. The first-order valence-electron chi connectivity index (χ1n) is 7.02. The van der Waals surface area contributed by atoms with Crippen LogP contribution >= 0.6 is 0 Å². The van der Waals surface area contributed by atoms with Crippen LogP contribution in [0, 0.1) is 5.92 Å². The first-order chi connectivity index (χ1) is 8.95. The second-order valence-corrected chi connectivity index (χ2v) is 5.93. The number of likely N-dealkylation sites (N-methyl/N-ethyl adjacent to an activating group) is 1. The minimum atomic E-state index is -0.420. The van der Waals surface area contributed by atoms with Crippen molar-refractivity contribution in [2.45, 2.75) is 45.4 Å². The van der Waals surface area contributed by atoms with E-state index in [0.717, 1.165) is 17.7 Å². The third kappa shape index (κ3) is 2.63. The van der Waals surface area contributed by atoms with Gasteiger partial charge < -0.3 is 9.84 Å². The molecule has 1 aliphatic carbocycles. The Labute approximate surface area is 116 Å².